The third kappa shape index (κ3) is 3.78. The van der Waals surface area contributed by atoms with Gasteiger partial charge in [-0.05, 0) is 18.6 Å². The monoisotopic (exact) mass is 274 g/mol. The van der Waals surface area contributed by atoms with E-state index in [0.29, 0.717) is 17.6 Å². The molecule has 0 aliphatic rings. The van der Waals surface area contributed by atoms with Crippen LogP contribution in [0.4, 0.5) is 11.9 Å². The number of nitrogens with one attached hydrogen (secondary N) is 1. The summed E-state index contributed by atoms with van der Waals surface area (Å²) in [5.41, 5.74) is 0. The molecule has 2 rings (SSSR count). The molecule has 2 aromatic heterocycles. The van der Waals surface area contributed by atoms with E-state index >= 15 is 0 Å². The summed E-state index contributed by atoms with van der Waals surface area (Å²) in [6, 6.07) is 3.83. The van der Waals surface area contributed by atoms with Crippen LogP contribution in [0.15, 0.2) is 24.5 Å². The van der Waals surface area contributed by atoms with E-state index < -0.39 is 0 Å². The number of hydrogen-bond acceptors (Lipinski definition) is 7. The van der Waals surface area contributed by atoms with Crippen LogP contribution >= 0.6 is 0 Å². The minimum Gasteiger partial charge on any atom is -0.422 e. The molecule has 0 radical (unpaired) electrons. The zero-order valence-electron chi connectivity index (χ0n) is 11.9. The third-order valence-corrected chi connectivity index (χ3v) is 2.38. The standard InChI is InChI=1S/C13H18N6O/c1-4-7-15-11-16-12(19(2)3)18-13(17-11)20-10-6-5-8-14-9-10/h5-6,8-9H,4,7H2,1-3H3,(H,15,16,17,18). The quantitative estimate of drug-likeness (QED) is 0.862. The lowest BCUT2D eigenvalue weighted by atomic mass is 10.5. The number of ether oxygens (including phenoxy) is 1. The number of nitrogens with zero attached hydrogens (tertiary/aromatic N) is 5. The van der Waals surface area contributed by atoms with Gasteiger partial charge in [-0.25, -0.2) is 0 Å². The normalized spacial score (nSPS) is 10.2. The zero-order valence-corrected chi connectivity index (χ0v) is 11.9. The van der Waals surface area contributed by atoms with Crippen LogP contribution in [0.2, 0.25) is 0 Å². The average molecular weight is 274 g/mol. The smallest absolute Gasteiger partial charge is 0.328 e. The van der Waals surface area contributed by atoms with E-state index in [1.807, 2.05) is 14.1 Å². The first-order chi connectivity index (χ1) is 9.69. The van der Waals surface area contributed by atoms with Crippen molar-refractivity contribution in [2.75, 3.05) is 30.9 Å². The first-order valence-electron chi connectivity index (χ1n) is 6.44. The second-order valence-electron chi connectivity index (χ2n) is 4.35. The van der Waals surface area contributed by atoms with Crippen LogP contribution in [0.25, 0.3) is 0 Å². The highest BCUT2D eigenvalue weighted by atomic mass is 16.5. The third-order valence-electron chi connectivity index (χ3n) is 2.38. The molecule has 20 heavy (non-hydrogen) atoms. The van der Waals surface area contributed by atoms with Crippen molar-refractivity contribution in [1.82, 2.24) is 19.9 Å². The number of anilines is 2. The lowest BCUT2D eigenvalue weighted by Crippen LogP contribution is -2.16. The van der Waals surface area contributed by atoms with Crippen molar-refractivity contribution in [2.24, 2.45) is 0 Å². The van der Waals surface area contributed by atoms with Gasteiger partial charge in [0.25, 0.3) is 0 Å². The number of pyridine rings is 1. The Bertz CT molecular complexity index is 546. The molecule has 0 saturated carbocycles. The van der Waals surface area contributed by atoms with Crippen molar-refractivity contribution in [3.8, 4) is 11.8 Å². The van der Waals surface area contributed by atoms with Crippen LogP contribution in [-0.2, 0) is 0 Å². The minimum absolute atomic E-state index is 0.246. The number of hydrogen-bond donors (Lipinski definition) is 1. The van der Waals surface area contributed by atoms with Gasteiger partial charge in [-0.1, -0.05) is 6.92 Å². The lowest BCUT2D eigenvalue weighted by Gasteiger charge is -2.13. The molecule has 0 fully saturated rings. The molecule has 0 atom stereocenters. The summed E-state index contributed by atoms with van der Waals surface area (Å²) in [4.78, 5) is 18.6. The van der Waals surface area contributed by atoms with Crippen molar-refractivity contribution in [2.45, 2.75) is 13.3 Å². The van der Waals surface area contributed by atoms with Gasteiger partial charge in [-0.15, -0.1) is 0 Å². The number of rotatable bonds is 6. The van der Waals surface area contributed by atoms with Crippen LogP contribution in [0, 0.1) is 0 Å². The van der Waals surface area contributed by atoms with Crippen LogP contribution in [0.5, 0.6) is 11.8 Å². The van der Waals surface area contributed by atoms with E-state index in [1.165, 1.54) is 0 Å². The van der Waals surface area contributed by atoms with Gasteiger partial charge >= 0.3 is 6.01 Å². The van der Waals surface area contributed by atoms with E-state index in [4.69, 9.17) is 4.74 Å². The molecule has 0 spiro atoms. The molecule has 0 unspecified atom stereocenters. The molecule has 0 aromatic carbocycles. The van der Waals surface area contributed by atoms with Crippen molar-refractivity contribution in [3.05, 3.63) is 24.5 Å². The Morgan fingerprint density at radius 2 is 2.10 bits per heavy atom. The molecule has 1 N–H and O–H groups in total. The zero-order chi connectivity index (χ0) is 14.4. The van der Waals surface area contributed by atoms with Crippen molar-refractivity contribution in [3.63, 3.8) is 0 Å². The Balaban J connectivity index is 2.24. The van der Waals surface area contributed by atoms with Crippen molar-refractivity contribution >= 4 is 11.9 Å². The SMILES string of the molecule is CCCNc1nc(Oc2cccnc2)nc(N(C)C)n1. The van der Waals surface area contributed by atoms with E-state index in [-0.39, 0.29) is 6.01 Å². The second-order valence-corrected chi connectivity index (χ2v) is 4.35. The van der Waals surface area contributed by atoms with E-state index in [0.717, 1.165) is 13.0 Å². The van der Waals surface area contributed by atoms with Crippen LogP contribution < -0.4 is 15.0 Å². The summed E-state index contributed by atoms with van der Waals surface area (Å²) in [7, 11) is 3.74. The van der Waals surface area contributed by atoms with Crippen molar-refractivity contribution < 1.29 is 4.74 Å². The molecule has 0 saturated heterocycles. The summed E-state index contributed by atoms with van der Waals surface area (Å²) in [5, 5.41) is 3.13. The Morgan fingerprint density at radius 1 is 1.25 bits per heavy atom. The van der Waals surface area contributed by atoms with Gasteiger partial charge in [0, 0.05) is 26.8 Å². The fraction of sp³-hybridized carbons (Fsp3) is 0.385. The Kier molecular flexibility index (Phi) is 4.65. The second kappa shape index (κ2) is 6.65. The Hall–Kier alpha value is -2.44. The van der Waals surface area contributed by atoms with Crippen molar-refractivity contribution in [1.29, 1.82) is 0 Å². The highest BCUT2D eigenvalue weighted by Crippen LogP contribution is 2.19. The number of aromatic nitrogens is 4. The Labute approximate surface area is 118 Å². The predicted octanol–water partition coefficient (Wildman–Crippen LogP) is 1.95. The molecule has 2 aromatic rings. The van der Waals surface area contributed by atoms with Crippen LogP contribution in [0.1, 0.15) is 13.3 Å². The Morgan fingerprint density at radius 3 is 2.75 bits per heavy atom. The predicted molar refractivity (Wildman–Crippen MR) is 77.2 cm³/mol. The molecular formula is C13H18N6O. The van der Waals surface area contributed by atoms with Gasteiger partial charge in [-0.2, -0.15) is 15.0 Å². The van der Waals surface area contributed by atoms with Gasteiger partial charge in [0.15, 0.2) is 0 Å². The fourth-order valence-electron chi connectivity index (χ4n) is 1.42. The molecule has 2 heterocycles. The highest BCUT2D eigenvalue weighted by Gasteiger charge is 2.09. The van der Waals surface area contributed by atoms with Gasteiger partial charge in [0.2, 0.25) is 11.9 Å². The molecule has 0 bridgehead atoms. The fourth-order valence-corrected chi connectivity index (χ4v) is 1.42. The maximum absolute atomic E-state index is 5.60. The average Bonchev–Trinajstić information content (AvgIpc) is 2.46. The summed E-state index contributed by atoms with van der Waals surface area (Å²) in [6.45, 7) is 2.87. The molecular weight excluding hydrogens is 256 g/mol. The van der Waals surface area contributed by atoms with Gasteiger partial charge < -0.3 is 15.0 Å². The molecule has 7 heteroatoms. The first-order valence-corrected chi connectivity index (χ1v) is 6.44. The van der Waals surface area contributed by atoms with Crippen LogP contribution in [0.3, 0.4) is 0 Å². The topological polar surface area (TPSA) is 76.1 Å². The van der Waals surface area contributed by atoms with E-state index in [9.17, 15) is 0 Å². The van der Waals surface area contributed by atoms with E-state index in [2.05, 4.69) is 32.2 Å². The minimum atomic E-state index is 0.246. The summed E-state index contributed by atoms with van der Waals surface area (Å²) < 4.78 is 5.60. The molecule has 0 aliphatic heterocycles. The maximum atomic E-state index is 5.60. The summed E-state index contributed by atoms with van der Waals surface area (Å²) in [5.74, 6) is 1.63. The lowest BCUT2D eigenvalue weighted by molar-refractivity contribution is 0.438. The van der Waals surface area contributed by atoms with Gasteiger partial charge in [0.1, 0.15) is 5.75 Å². The molecule has 0 amide bonds. The first kappa shape index (κ1) is 14.0. The van der Waals surface area contributed by atoms with Gasteiger partial charge in [-0.3, -0.25) is 4.98 Å². The largest absolute Gasteiger partial charge is 0.422 e. The molecule has 106 valence electrons. The summed E-state index contributed by atoms with van der Waals surface area (Å²) >= 11 is 0. The molecule has 0 aliphatic carbocycles. The molecule has 7 nitrogen and oxygen atoms in total. The maximum Gasteiger partial charge on any atom is 0.328 e. The summed E-state index contributed by atoms with van der Waals surface area (Å²) in [6.07, 6.45) is 4.28. The highest BCUT2D eigenvalue weighted by molar-refractivity contribution is 5.37. The van der Waals surface area contributed by atoms with Crippen LogP contribution in [-0.4, -0.2) is 40.6 Å². The van der Waals surface area contributed by atoms with Gasteiger partial charge in [0.05, 0.1) is 6.20 Å². The van der Waals surface area contributed by atoms with E-state index in [1.54, 1.807) is 29.4 Å².